The zero-order valence-electron chi connectivity index (χ0n) is 19.2. The van der Waals surface area contributed by atoms with Crippen molar-refractivity contribution in [2.45, 2.75) is 52.9 Å². The molecule has 172 valence electrons. The second kappa shape index (κ2) is 12.9. The SMILES string of the molecule is CCCCN(CCCC)c1ccc(/C(C)=C/C(=O)O)cc1NC(=O)Cc1cccc(Cl)c1. The molecule has 0 saturated heterocycles. The van der Waals surface area contributed by atoms with Crippen LogP contribution in [0.4, 0.5) is 11.4 Å². The topological polar surface area (TPSA) is 69.6 Å². The van der Waals surface area contributed by atoms with Crippen LogP contribution in [0, 0.1) is 0 Å². The van der Waals surface area contributed by atoms with Gasteiger partial charge in [-0.1, -0.05) is 56.5 Å². The number of benzene rings is 2. The second-order valence-corrected chi connectivity index (χ2v) is 8.38. The van der Waals surface area contributed by atoms with E-state index in [4.69, 9.17) is 16.7 Å². The molecule has 0 aliphatic heterocycles. The first-order valence-electron chi connectivity index (χ1n) is 11.2. The van der Waals surface area contributed by atoms with E-state index >= 15 is 0 Å². The smallest absolute Gasteiger partial charge is 0.328 e. The highest BCUT2D eigenvalue weighted by molar-refractivity contribution is 6.30. The molecule has 0 aromatic heterocycles. The molecule has 5 nitrogen and oxygen atoms in total. The minimum Gasteiger partial charge on any atom is -0.478 e. The zero-order valence-corrected chi connectivity index (χ0v) is 19.9. The molecule has 0 heterocycles. The largest absolute Gasteiger partial charge is 0.478 e. The summed E-state index contributed by atoms with van der Waals surface area (Å²) < 4.78 is 0. The molecule has 0 spiro atoms. The number of nitrogens with zero attached hydrogens (tertiary/aromatic N) is 1. The Morgan fingerprint density at radius 2 is 1.75 bits per heavy atom. The van der Waals surface area contributed by atoms with Crippen molar-refractivity contribution in [2.24, 2.45) is 0 Å². The molecule has 1 amide bonds. The molecule has 0 fully saturated rings. The number of nitrogens with one attached hydrogen (secondary N) is 1. The van der Waals surface area contributed by atoms with Crippen LogP contribution in [0.3, 0.4) is 0 Å². The summed E-state index contributed by atoms with van der Waals surface area (Å²) in [4.78, 5) is 26.3. The molecule has 0 saturated carbocycles. The third-order valence-corrected chi connectivity index (χ3v) is 5.46. The summed E-state index contributed by atoms with van der Waals surface area (Å²) in [5.74, 6) is -1.14. The summed E-state index contributed by atoms with van der Waals surface area (Å²) >= 11 is 6.06. The van der Waals surface area contributed by atoms with Gasteiger partial charge in [-0.15, -0.1) is 0 Å². The fourth-order valence-electron chi connectivity index (χ4n) is 3.50. The average molecular weight is 457 g/mol. The number of carbonyl (C=O) groups is 2. The fraction of sp³-hybridized carbons (Fsp3) is 0.385. The molecule has 0 radical (unpaired) electrons. The monoisotopic (exact) mass is 456 g/mol. The van der Waals surface area contributed by atoms with E-state index in [2.05, 4.69) is 24.1 Å². The molecule has 2 aromatic carbocycles. The molecular formula is C26H33ClN2O3. The van der Waals surface area contributed by atoms with Crippen LogP contribution >= 0.6 is 11.6 Å². The normalized spacial score (nSPS) is 11.3. The van der Waals surface area contributed by atoms with Crippen molar-refractivity contribution in [3.63, 3.8) is 0 Å². The van der Waals surface area contributed by atoms with Crippen molar-refractivity contribution in [2.75, 3.05) is 23.3 Å². The fourth-order valence-corrected chi connectivity index (χ4v) is 3.72. The molecule has 0 aliphatic carbocycles. The van der Waals surface area contributed by atoms with E-state index in [0.717, 1.165) is 55.6 Å². The van der Waals surface area contributed by atoms with Crippen molar-refractivity contribution in [1.29, 1.82) is 0 Å². The standard InChI is InChI=1S/C26H33ClN2O3/c1-4-6-13-29(14-7-5-2)24-12-11-21(19(3)15-26(31)32)18-23(24)28-25(30)17-20-9-8-10-22(27)16-20/h8-12,15-16,18H,4-7,13-14,17H2,1-3H3,(H,28,30)(H,31,32)/b19-15+. The van der Waals surface area contributed by atoms with Gasteiger partial charge in [-0.3, -0.25) is 4.79 Å². The highest BCUT2D eigenvalue weighted by Crippen LogP contribution is 2.31. The lowest BCUT2D eigenvalue weighted by Gasteiger charge is -2.28. The Bertz CT molecular complexity index is 948. The van der Waals surface area contributed by atoms with Gasteiger partial charge in [-0.25, -0.2) is 4.79 Å². The van der Waals surface area contributed by atoms with E-state index in [1.807, 2.05) is 30.3 Å². The average Bonchev–Trinajstić information content (AvgIpc) is 2.73. The maximum Gasteiger partial charge on any atom is 0.328 e. The Hall–Kier alpha value is -2.79. The minimum atomic E-state index is -0.995. The first-order chi connectivity index (χ1) is 15.3. The van der Waals surface area contributed by atoms with Crippen LogP contribution in [0.5, 0.6) is 0 Å². The van der Waals surface area contributed by atoms with E-state index in [-0.39, 0.29) is 12.3 Å². The maximum absolute atomic E-state index is 12.9. The molecule has 32 heavy (non-hydrogen) atoms. The van der Waals surface area contributed by atoms with Gasteiger partial charge in [0.25, 0.3) is 0 Å². The van der Waals surface area contributed by atoms with Gasteiger partial charge in [0.2, 0.25) is 5.91 Å². The van der Waals surface area contributed by atoms with Gasteiger partial charge in [0.05, 0.1) is 17.8 Å². The molecule has 0 atom stereocenters. The molecule has 2 aromatic rings. The highest BCUT2D eigenvalue weighted by Gasteiger charge is 2.15. The van der Waals surface area contributed by atoms with Crippen LogP contribution in [-0.4, -0.2) is 30.1 Å². The molecule has 0 aliphatic rings. The van der Waals surface area contributed by atoms with Gasteiger partial charge in [-0.2, -0.15) is 0 Å². The summed E-state index contributed by atoms with van der Waals surface area (Å²) in [5, 5.41) is 12.8. The Morgan fingerprint density at radius 3 is 2.34 bits per heavy atom. The van der Waals surface area contributed by atoms with Crippen LogP contribution in [-0.2, 0) is 16.0 Å². The first-order valence-corrected chi connectivity index (χ1v) is 11.6. The van der Waals surface area contributed by atoms with Crippen molar-refractivity contribution >= 4 is 40.4 Å². The number of allylic oxidation sites excluding steroid dienone is 1. The zero-order chi connectivity index (χ0) is 23.5. The molecule has 2 rings (SSSR count). The van der Waals surface area contributed by atoms with E-state index in [0.29, 0.717) is 16.3 Å². The molecule has 0 bridgehead atoms. The minimum absolute atomic E-state index is 0.142. The summed E-state index contributed by atoms with van der Waals surface area (Å²) in [6.45, 7) is 7.88. The van der Waals surface area contributed by atoms with Crippen molar-refractivity contribution < 1.29 is 14.7 Å². The Balaban J connectivity index is 2.38. The van der Waals surface area contributed by atoms with Crippen LogP contribution in [0.25, 0.3) is 5.57 Å². The number of carboxylic acids is 1. The number of amides is 1. The van der Waals surface area contributed by atoms with Gasteiger partial charge in [0, 0.05) is 24.2 Å². The number of unbranched alkanes of at least 4 members (excludes halogenated alkanes) is 2. The van der Waals surface area contributed by atoms with Gasteiger partial charge < -0.3 is 15.3 Å². The predicted octanol–water partition coefficient (Wildman–Crippen LogP) is 6.42. The van der Waals surface area contributed by atoms with E-state index in [1.54, 1.807) is 19.1 Å². The lowest BCUT2D eigenvalue weighted by atomic mass is 10.0. The quantitative estimate of drug-likeness (QED) is 0.362. The summed E-state index contributed by atoms with van der Waals surface area (Å²) in [7, 11) is 0. The number of anilines is 2. The van der Waals surface area contributed by atoms with Gasteiger partial charge in [-0.05, 0) is 60.7 Å². The number of rotatable bonds is 12. The second-order valence-electron chi connectivity index (χ2n) is 7.95. The Morgan fingerprint density at radius 1 is 1.06 bits per heavy atom. The summed E-state index contributed by atoms with van der Waals surface area (Å²) in [5.41, 5.74) is 3.88. The Labute approximate surface area is 196 Å². The lowest BCUT2D eigenvalue weighted by molar-refractivity contribution is -0.131. The van der Waals surface area contributed by atoms with Crippen LogP contribution in [0.1, 0.15) is 57.6 Å². The number of hydrogen-bond donors (Lipinski definition) is 2. The maximum atomic E-state index is 12.9. The third kappa shape index (κ3) is 8.04. The number of carboxylic acid groups (broad SMARTS) is 1. The van der Waals surface area contributed by atoms with Crippen molar-refractivity contribution in [1.82, 2.24) is 0 Å². The predicted molar refractivity (Wildman–Crippen MR) is 134 cm³/mol. The van der Waals surface area contributed by atoms with Gasteiger partial charge >= 0.3 is 5.97 Å². The van der Waals surface area contributed by atoms with E-state index < -0.39 is 5.97 Å². The molecular weight excluding hydrogens is 424 g/mol. The van der Waals surface area contributed by atoms with Crippen LogP contribution in [0.2, 0.25) is 5.02 Å². The molecule has 6 heteroatoms. The number of carbonyl (C=O) groups excluding carboxylic acids is 1. The third-order valence-electron chi connectivity index (χ3n) is 5.22. The lowest BCUT2D eigenvalue weighted by Crippen LogP contribution is -2.27. The molecule has 2 N–H and O–H groups in total. The van der Waals surface area contributed by atoms with Crippen molar-refractivity contribution in [3.05, 3.63) is 64.7 Å². The number of aliphatic carboxylic acids is 1. The van der Waals surface area contributed by atoms with E-state index in [1.165, 1.54) is 6.08 Å². The van der Waals surface area contributed by atoms with Gasteiger partial charge in [0.1, 0.15) is 0 Å². The van der Waals surface area contributed by atoms with Crippen LogP contribution < -0.4 is 10.2 Å². The highest BCUT2D eigenvalue weighted by atomic mass is 35.5. The first kappa shape index (κ1) is 25.5. The summed E-state index contributed by atoms with van der Waals surface area (Å²) in [6.07, 6.45) is 5.66. The number of hydrogen-bond acceptors (Lipinski definition) is 3. The summed E-state index contributed by atoms with van der Waals surface area (Å²) in [6, 6.07) is 13.0. The van der Waals surface area contributed by atoms with Crippen molar-refractivity contribution in [3.8, 4) is 0 Å². The van der Waals surface area contributed by atoms with E-state index in [9.17, 15) is 9.59 Å². The van der Waals surface area contributed by atoms with Gasteiger partial charge in [0.15, 0.2) is 0 Å². The number of halogens is 1. The molecule has 0 unspecified atom stereocenters. The Kier molecular flexibility index (Phi) is 10.3. The van der Waals surface area contributed by atoms with Crippen LogP contribution in [0.15, 0.2) is 48.5 Å².